The molecule has 0 saturated heterocycles. The molecule has 1 heterocycles. The number of thiocarbonyl (C=S) groups is 1. The average Bonchev–Trinajstić information content (AvgIpc) is 3.00. The molecule has 1 aliphatic heterocycles. The zero-order chi connectivity index (χ0) is 31.5. The molecule has 0 saturated carbocycles. The quantitative estimate of drug-likeness (QED) is 0.101. The largest absolute Gasteiger partial charge is 0.490 e. The van der Waals surface area contributed by atoms with Gasteiger partial charge in [-0.05, 0) is 62.3 Å². The second-order valence-corrected chi connectivity index (χ2v) is 10.3. The van der Waals surface area contributed by atoms with Crippen molar-refractivity contribution in [2.45, 2.75) is 33.4 Å². The number of ether oxygens (including phenoxy) is 4. The number of allylic oxidation sites excluding steroid dienone is 1. The highest BCUT2D eigenvalue weighted by molar-refractivity contribution is 7.80. The number of carbonyl (C=O) groups excluding carboxylic acids is 2. The normalized spacial score (nSPS) is 14.5. The molecule has 0 fully saturated rings. The Kier molecular flexibility index (Phi) is 11.6. The summed E-state index contributed by atoms with van der Waals surface area (Å²) >= 11 is 11.8. The first-order valence-corrected chi connectivity index (χ1v) is 14.7. The van der Waals surface area contributed by atoms with Crippen molar-refractivity contribution in [1.29, 1.82) is 0 Å². The predicted molar refractivity (Wildman–Crippen MR) is 172 cm³/mol. The van der Waals surface area contributed by atoms with Gasteiger partial charge in [0.25, 0.3) is 5.91 Å². The van der Waals surface area contributed by atoms with Crippen molar-refractivity contribution in [3.05, 3.63) is 99.7 Å². The molecule has 0 unspecified atom stereocenters. The van der Waals surface area contributed by atoms with Gasteiger partial charge in [0.2, 0.25) is 0 Å². The van der Waals surface area contributed by atoms with E-state index in [-0.39, 0.29) is 13.2 Å². The highest BCUT2D eigenvalue weighted by Crippen LogP contribution is 2.37. The standard InChI is InChI=1S/C32H33ClN4O6S/c1-4-40-26-16-22(15-24(33)30(26)43-18-21-11-7-6-8-12-21)17-34-37-27(38)19-42-25-14-10-9-13-23(25)29-28(31(39)41-5-2)20(3)35-32(44)36-29/h6-17,29H,4-5,18-19H2,1-3H3,(H,37,38)(H2,35,36,44)/t29-/m1/s1. The number of amides is 1. The van der Waals surface area contributed by atoms with Crippen LogP contribution in [0.3, 0.4) is 0 Å². The second kappa shape index (κ2) is 15.7. The minimum atomic E-state index is -0.635. The van der Waals surface area contributed by atoms with Gasteiger partial charge in [0.1, 0.15) is 12.4 Å². The number of benzene rings is 3. The Morgan fingerprint density at radius 2 is 1.75 bits per heavy atom. The average molecular weight is 637 g/mol. The van der Waals surface area contributed by atoms with E-state index < -0.39 is 17.9 Å². The fourth-order valence-electron chi connectivity index (χ4n) is 4.41. The fourth-order valence-corrected chi connectivity index (χ4v) is 4.95. The van der Waals surface area contributed by atoms with E-state index in [2.05, 4.69) is 21.2 Å². The molecule has 3 aromatic rings. The van der Waals surface area contributed by atoms with Crippen LogP contribution in [0.4, 0.5) is 0 Å². The summed E-state index contributed by atoms with van der Waals surface area (Å²) in [5, 5.41) is 10.8. The van der Waals surface area contributed by atoms with E-state index >= 15 is 0 Å². The molecule has 12 heteroatoms. The first-order valence-electron chi connectivity index (χ1n) is 13.9. The molecule has 4 rings (SSSR count). The number of hydrazone groups is 1. The SMILES string of the molecule is CCOC(=O)C1=C(C)NC(=S)N[C@@H]1c1ccccc1OCC(=O)NN=Cc1cc(Cl)c(OCc2ccccc2)c(OCC)c1. The predicted octanol–water partition coefficient (Wildman–Crippen LogP) is 5.20. The van der Waals surface area contributed by atoms with Crippen LogP contribution in [-0.2, 0) is 20.9 Å². The van der Waals surface area contributed by atoms with Gasteiger partial charge in [-0.1, -0.05) is 60.1 Å². The fraction of sp³-hybridized carbons (Fsp3) is 0.250. The Bertz CT molecular complexity index is 1560. The number of rotatable bonds is 13. The van der Waals surface area contributed by atoms with E-state index in [9.17, 15) is 9.59 Å². The highest BCUT2D eigenvalue weighted by atomic mass is 35.5. The number of nitrogens with one attached hydrogen (secondary N) is 3. The van der Waals surface area contributed by atoms with E-state index in [1.54, 1.807) is 50.2 Å². The van der Waals surface area contributed by atoms with Crippen LogP contribution in [-0.4, -0.2) is 43.0 Å². The van der Waals surface area contributed by atoms with Crippen molar-refractivity contribution in [1.82, 2.24) is 16.1 Å². The van der Waals surface area contributed by atoms with Gasteiger partial charge in [-0.2, -0.15) is 5.10 Å². The summed E-state index contributed by atoms with van der Waals surface area (Å²) in [5.41, 5.74) is 5.59. The van der Waals surface area contributed by atoms with Crippen LogP contribution in [0.15, 0.2) is 83.1 Å². The summed E-state index contributed by atoms with van der Waals surface area (Å²) in [4.78, 5) is 25.4. The summed E-state index contributed by atoms with van der Waals surface area (Å²) in [7, 11) is 0. The van der Waals surface area contributed by atoms with Crippen LogP contribution in [0.1, 0.15) is 43.5 Å². The zero-order valence-electron chi connectivity index (χ0n) is 24.5. The Balaban J connectivity index is 1.41. The van der Waals surface area contributed by atoms with E-state index in [1.165, 1.54) is 6.21 Å². The summed E-state index contributed by atoms with van der Waals surface area (Å²) in [5.74, 6) is 0.290. The number of para-hydroxylation sites is 1. The third kappa shape index (κ3) is 8.48. The first-order chi connectivity index (χ1) is 21.3. The molecule has 3 N–H and O–H groups in total. The molecule has 10 nitrogen and oxygen atoms in total. The molecule has 3 aromatic carbocycles. The van der Waals surface area contributed by atoms with Gasteiger partial charge in [-0.25, -0.2) is 10.2 Å². The van der Waals surface area contributed by atoms with Crippen LogP contribution in [0.5, 0.6) is 17.2 Å². The topological polar surface area (TPSA) is 120 Å². The number of esters is 1. The summed E-state index contributed by atoms with van der Waals surface area (Å²) in [6.07, 6.45) is 1.44. The van der Waals surface area contributed by atoms with Crippen molar-refractivity contribution in [3.8, 4) is 17.2 Å². The molecule has 0 spiro atoms. The van der Waals surface area contributed by atoms with Crippen LogP contribution in [0, 0.1) is 0 Å². The third-order valence-electron chi connectivity index (χ3n) is 6.31. The maximum Gasteiger partial charge on any atom is 0.338 e. The Hall–Kier alpha value is -4.61. The van der Waals surface area contributed by atoms with Gasteiger partial charge >= 0.3 is 5.97 Å². The zero-order valence-corrected chi connectivity index (χ0v) is 26.1. The molecule has 0 aliphatic carbocycles. The van der Waals surface area contributed by atoms with Gasteiger partial charge in [0, 0.05) is 11.3 Å². The number of hydrogen-bond donors (Lipinski definition) is 3. The molecule has 1 atom stereocenters. The summed E-state index contributed by atoms with van der Waals surface area (Å²) in [6, 6.07) is 19.5. The Labute approximate surface area is 266 Å². The number of nitrogens with zero attached hydrogens (tertiary/aromatic N) is 1. The van der Waals surface area contributed by atoms with Crippen molar-refractivity contribution in [2.24, 2.45) is 5.10 Å². The van der Waals surface area contributed by atoms with Gasteiger partial charge in [0.15, 0.2) is 23.2 Å². The van der Waals surface area contributed by atoms with Gasteiger partial charge in [0.05, 0.1) is 36.1 Å². The van der Waals surface area contributed by atoms with Crippen molar-refractivity contribution in [3.63, 3.8) is 0 Å². The van der Waals surface area contributed by atoms with E-state index in [0.717, 1.165) is 5.56 Å². The maximum absolute atomic E-state index is 12.8. The molecule has 1 aliphatic rings. The van der Waals surface area contributed by atoms with E-state index in [4.69, 9.17) is 42.8 Å². The first kappa shape index (κ1) is 32.3. The van der Waals surface area contributed by atoms with Crippen LogP contribution < -0.4 is 30.3 Å². The lowest BCUT2D eigenvalue weighted by molar-refractivity contribution is -0.139. The minimum Gasteiger partial charge on any atom is -0.490 e. The minimum absolute atomic E-state index is 0.219. The maximum atomic E-state index is 12.8. The third-order valence-corrected chi connectivity index (χ3v) is 6.81. The lowest BCUT2D eigenvalue weighted by Crippen LogP contribution is -2.45. The van der Waals surface area contributed by atoms with Crippen molar-refractivity contribution < 1.29 is 28.5 Å². The molecule has 0 aromatic heterocycles. The molecule has 1 amide bonds. The second-order valence-electron chi connectivity index (χ2n) is 9.45. The molecule has 0 bridgehead atoms. The van der Waals surface area contributed by atoms with Crippen LogP contribution >= 0.6 is 23.8 Å². The number of carbonyl (C=O) groups is 2. The van der Waals surface area contributed by atoms with E-state index in [1.807, 2.05) is 37.3 Å². The molecular formula is C32H33ClN4O6S. The lowest BCUT2D eigenvalue weighted by atomic mass is 9.95. The monoisotopic (exact) mass is 636 g/mol. The Morgan fingerprint density at radius 3 is 2.50 bits per heavy atom. The smallest absolute Gasteiger partial charge is 0.338 e. The Morgan fingerprint density at radius 1 is 1.00 bits per heavy atom. The van der Waals surface area contributed by atoms with Crippen molar-refractivity contribution >= 4 is 47.0 Å². The van der Waals surface area contributed by atoms with Gasteiger partial charge in [-0.3, -0.25) is 4.79 Å². The number of hydrogen-bond acceptors (Lipinski definition) is 8. The molecule has 230 valence electrons. The van der Waals surface area contributed by atoms with Gasteiger partial charge in [-0.15, -0.1) is 0 Å². The molecular weight excluding hydrogens is 604 g/mol. The highest BCUT2D eigenvalue weighted by Gasteiger charge is 2.32. The van der Waals surface area contributed by atoms with Crippen LogP contribution in [0.25, 0.3) is 0 Å². The number of halogens is 1. The van der Waals surface area contributed by atoms with E-state index in [0.29, 0.717) is 63.0 Å². The molecule has 0 radical (unpaired) electrons. The lowest BCUT2D eigenvalue weighted by Gasteiger charge is -2.30. The molecule has 44 heavy (non-hydrogen) atoms. The van der Waals surface area contributed by atoms with Gasteiger partial charge < -0.3 is 29.6 Å². The summed E-state index contributed by atoms with van der Waals surface area (Å²) < 4.78 is 22.8. The van der Waals surface area contributed by atoms with Crippen LogP contribution in [0.2, 0.25) is 5.02 Å². The summed E-state index contributed by atoms with van der Waals surface area (Å²) in [6.45, 7) is 5.96. The van der Waals surface area contributed by atoms with Crippen molar-refractivity contribution in [2.75, 3.05) is 19.8 Å².